The number of nitrogens with one attached hydrogen (secondary N) is 3. The Morgan fingerprint density at radius 3 is 2.03 bits per heavy atom. The first-order valence-corrected chi connectivity index (χ1v) is 23.6. The molecule has 65 heavy (non-hydrogen) atoms. The predicted molar refractivity (Wildman–Crippen MR) is 253 cm³/mol. The lowest BCUT2D eigenvalue weighted by atomic mass is 9.87. The zero-order valence-corrected chi connectivity index (χ0v) is 42.3. The van der Waals surface area contributed by atoms with Crippen LogP contribution in [0.3, 0.4) is 0 Å². The molecule has 1 heterocycles. The van der Waals surface area contributed by atoms with E-state index in [0.717, 1.165) is 5.56 Å². The molecule has 1 aromatic carbocycles. The Labute approximate surface area is 390 Å². The standard InChI is InChI=1S/C49H85N7O9/c1-16-32(6)41(55(13)47(61)39(30(2)3)53-46(60)40(31(4)5)54(11)12)37(63-14)29-38(57)56-26-20-24-36(56)42(64-15)33(7)44(58)52-35(28-34-22-18-17-19-23-34)45(59)51-25-21-27-65-48(62)43(50)49(8,9)10/h17-19,22-23,30-33,35-37,39-43H,16,20-21,24-29,50H2,1-15H3,(H,51,59)(H,52,58)(H,53,60)/t32-,33+,35-,36-,37+,39-,40?,41-,42+,43+/m0/s1. The number of likely N-dealkylation sites (tertiary alicyclic amines) is 1. The molecule has 5 N–H and O–H groups in total. The Hall–Kier alpha value is -4.12. The number of likely N-dealkylation sites (N-methyl/N-ethyl adjacent to an activating group) is 2. The predicted octanol–water partition coefficient (Wildman–Crippen LogP) is 3.78. The first kappa shape index (κ1) is 57.0. The smallest absolute Gasteiger partial charge is 0.323 e. The highest BCUT2D eigenvalue weighted by Gasteiger charge is 2.43. The Bertz CT molecular complexity index is 1660. The van der Waals surface area contributed by atoms with Crippen LogP contribution in [0, 0.1) is 29.1 Å². The van der Waals surface area contributed by atoms with Gasteiger partial charge in [0.05, 0.1) is 49.3 Å². The van der Waals surface area contributed by atoms with Crippen molar-refractivity contribution >= 4 is 35.5 Å². The molecule has 5 amide bonds. The lowest BCUT2D eigenvalue weighted by molar-refractivity contribution is -0.148. The minimum atomic E-state index is -0.920. The molecule has 16 heteroatoms. The van der Waals surface area contributed by atoms with Gasteiger partial charge in [0.15, 0.2) is 0 Å². The molecule has 2 rings (SSSR count). The van der Waals surface area contributed by atoms with Crippen LogP contribution in [0.1, 0.15) is 107 Å². The van der Waals surface area contributed by atoms with E-state index in [-0.39, 0.29) is 67.4 Å². The number of hydrogen-bond donors (Lipinski definition) is 4. The summed E-state index contributed by atoms with van der Waals surface area (Å²) in [7, 11) is 8.48. The molecule has 10 atom stereocenters. The van der Waals surface area contributed by atoms with Gasteiger partial charge in [-0.15, -0.1) is 0 Å². The number of methoxy groups -OCH3 is 2. The Morgan fingerprint density at radius 1 is 0.877 bits per heavy atom. The summed E-state index contributed by atoms with van der Waals surface area (Å²) in [6.07, 6.45) is 1.21. The molecule has 1 unspecified atom stereocenters. The van der Waals surface area contributed by atoms with E-state index < -0.39 is 71.7 Å². The summed E-state index contributed by atoms with van der Waals surface area (Å²) in [5.74, 6) is -2.95. The van der Waals surface area contributed by atoms with E-state index >= 15 is 0 Å². The molecule has 1 saturated heterocycles. The maximum Gasteiger partial charge on any atom is 0.323 e. The molecule has 16 nitrogen and oxygen atoms in total. The van der Waals surface area contributed by atoms with Crippen molar-refractivity contribution in [3.8, 4) is 0 Å². The number of esters is 1. The molecular weight excluding hydrogens is 831 g/mol. The van der Waals surface area contributed by atoms with Crippen molar-refractivity contribution in [2.45, 2.75) is 156 Å². The van der Waals surface area contributed by atoms with E-state index in [9.17, 15) is 28.8 Å². The first-order chi connectivity index (χ1) is 30.4. The third-order valence-electron chi connectivity index (χ3n) is 12.9. The molecule has 0 spiro atoms. The molecular formula is C49H85N7O9. The quantitative estimate of drug-likeness (QED) is 0.0779. The minimum absolute atomic E-state index is 0.0205. The average molecular weight is 916 g/mol. The van der Waals surface area contributed by atoms with Crippen molar-refractivity contribution in [3.63, 3.8) is 0 Å². The summed E-state index contributed by atoms with van der Waals surface area (Å²) in [4.78, 5) is 87.6. The topological polar surface area (TPSA) is 202 Å². The van der Waals surface area contributed by atoms with Crippen LogP contribution in [0.25, 0.3) is 0 Å². The number of hydrogen-bond acceptors (Lipinski definition) is 11. The second-order valence-electron chi connectivity index (χ2n) is 19.9. The number of amides is 5. The van der Waals surface area contributed by atoms with Gasteiger partial charge in [-0.1, -0.05) is 106 Å². The molecule has 1 aromatic rings. The van der Waals surface area contributed by atoms with Gasteiger partial charge in [-0.05, 0) is 62.1 Å². The number of benzene rings is 1. The SMILES string of the molecule is CC[C@H](C)[C@@H]([C@@H](CC(=O)N1CCC[C@H]1[C@H](OC)[C@@H](C)C(=O)N[C@@H](Cc1ccccc1)C(=O)NCCCOC(=O)[C@@H](N)C(C)(C)C)OC)N(C)C(=O)[C@@H](NC(=O)C(C(C)C)N(C)C)C(C)C. The maximum atomic E-state index is 14.4. The van der Waals surface area contributed by atoms with Crippen molar-refractivity contribution in [3.05, 3.63) is 35.9 Å². The normalized spacial score (nSPS) is 18.5. The number of carbonyl (C=O) groups excluding carboxylic acids is 6. The molecule has 370 valence electrons. The van der Waals surface area contributed by atoms with E-state index in [2.05, 4.69) is 16.0 Å². The molecule has 1 fully saturated rings. The molecule has 0 saturated carbocycles. The zero-order chi connectivity index (χ0) is 49.3. The Balaban J connectivity index is 2.25. The summed E-state index contributed by atoms with van der Waals surface area (Å²) in [5, 5.41) is 8.87. The van der Waals surface area contributed by atoms with Crippen molar-refractivity contribution < 1.29 is 43.0 Å². The Morgan fingerprint density at radius 2 is 1.51 bits per heavy atom. The molecule has 0 aliphatic carbocycles. The summed E-state index contributed by atoms with van der Waals surface area (Å²) >= 11 is 0. The highest BCUT2D eigenvalue weighted by Crippen LogP contribution is 2.30. The summed E-state index contributed by atoms with van der Waals surface area (Å²) in [6.45, 7) is 19.9. The molecule has 1 aliphatic rings. The molecule has 0 aromatic heterocycles. The fourth-order valence-electron chi connectivity index (χ4n) is 8.80. The first-order valence-electron chi connectivity index (χ1n) is 23.6. The fourth-order valence-corrected chi connectivity index (χ4v) is 8.80. The van der Waals surface area contributed by atoms with Crippen LogP contribution >= 0.6 is 0 Å². The zero-order valence-electron chi connectivity index (χ0n) is 42.3. The van der Waals surface area contributed by atoms with E-state index in [0.29, 0.717) is 32.2 Å². The van der Waals surface area contributed by atoms with Gasteiger partial charge in [-0.3, -0.25) is 33.7 Å². The van der Waals surface area contributed by atoms with E-state index in [1.54, 1.807) is 30.9 Å². The average Bonchev–Trinajstić information content (AvgIpc) is 3.73. The van der Waals surface area contributed by atoms with Crippen molar-refractivity contribution in [1.29, 1.82) is 0 Å². The molecule has 0 bridgehead atoms. The lowest BCUT2D eigenvalue weighted by Crippen LogP contribution is -2.59. The van der Waals surface area contributed by atoms with E-state index in [1.807, 2.05) is 112 Å². The van der Waals surface area contributed by atoms with Crippen molar-refractivity contribution in [2.75, 3.05) is 55.1 Å². The number of rotatable bonds is 26. The largest absolute Gasteiger partial charge is 0.464 e. The van der Waals surface area contributed by atoms with E-state index in [4.69, 9.17) is 19.9 Å². The van der Waals surface area contributed by atoms with Crippen LogP contribution in [0.15, 0.2) is 30.3 Å². The van der Waals surface area contributed by atoms with Gasteiger partial charge < -0.3 is 45.7 Å². The highest BCUT2D eigenvalue weighted by atomic mass is 16.5. The Kier molecular flexibility index (Phi) is 23.6. The van der Waals surface area contributed by atoms with Crippen LogP contribution in [0.4, 0.5) is 0 Å². The van der Waals surface area contributed by atoms with Gasteiger partial charge in [-0.25, -0.2) is 0 Å². The number of carbonyl (C=O) groups is 6. The second-order valence-corrected chi connectivity index (χ2v) is 19.9. The van der Waals surface area contributed by atoms with Crippen LogP contribution < -0.4 is 21.7 Å². The highest BCUT2D eigenvalue weighted by molar-refractivity contribution is 5.91. The van der Waals surface area contributed by atoms with Crippen molar-refractivity contribution in [2.24, 2.45) is 34.8 Å². The number of nitrogens with zero attached hydrogens (tertiary/aromatic N) is 3. The van der Waals surface area contributed by atoms with Gasteiger partial charge in [0, 0.05) is 40.8 Å². The molecule has 1 aliphatic heterocycles. The summed E-state index contributed by atoms with van der Waals surface area (Å²) < 4.78 is 17.4. The molecule has 0 radical (unpaired) electrons. The van der Waals surface area contributed by atoms with Gasteiger partial charge in [0.1, 0.15) is 18.1 Å². The third kappa shape index (κ3) is 16.6. The van der Waals surface area contributed by atoms with Gasteiger partial charge in [0.2, 0.25) is 29.5 Å². The maximum absolute atomic E-state index is 14.4. The van der Waals surface area contributed by atoms with Gasteiger partial charge >= 0.3 is 5.97 Å². The van der Waals surface area contributed by atoms with Gasteiger partial charge in [-0.2, -0.15) is 0 Å². The number of ether oxygens (including phenoxy) is 3. The summed E-state index contributed by atoms with van der Waals surface area (Å²) in [5.41, 5.74) is 6.41. The van der Waals surface area contributed by atoms with Gasteiger partial charge in [0.25, 0.3) is 0 Å². The minimum Gasteiger partial charge on any atom is -0.464 e. The van der Waals surface area contributed by atoms with Crippen LogP contribution in [0.2, 0.25) is 0 Å². The fraction of sp³-hybridized carbons (Fsp3) is 0.755. The number of nitrogens with two attached hydrogens (primary N) is 1. The van der Waals surface area contributed by atoms with Crippen LogP contribution in [0.5, 0.6) is 0 Å². The third-order valence-corrected chi connectivity index (χ3v) is 12.9. The van der Waals surface area contributed by atoms with Crippen LogP contribution in [-0.2, 0) is 49.4 Å². The monoisotopic (exact) mass is 916 g/mol. The second kappa shape index (κ2) is 26.9. The van der Waals surface area contributed by atoms with E-state index in [1.165, 1.54) is 7.11 Å². The van der Waals surface area contributed by atoms with Crippen LogP contribution in [-0.4, -0.2) is 154 Å². The summed E-state index contributed by atoms with van der Waals surface area (Å²) in [6, 6.07) is 5.54. The lowest BCUT2D eigenvalue weighted by Gasteiger charge is -2.41. The van der Waals surface area contributed by atoms with Crippen molar-refractivity contribution in [1.82, 2.24) is 30.7 Å².